The molecule has 0 saturated heterocycles. The van der Waals surface area contributed by atoms with Crippen LogP contribution < -0.4 is 5.73 Å². The third kappa shape index (κ3) is 7.65. The van der Waals surface area contributed by atoms with E-state index in [2.05, 4.69) is 6.92 Å². The Kier molecular flexibility index (Phi) is 8.21. The maximum Gasteiger partial charge on any atom is 0.222 e. The third-order valence-corrected chi connectivity index (χ3v) is 2.56. The molecule has 0 aromatic carbocycles. The van der Waals surface area contributed by atoms with Gasteiger partial charge in [-0.3, -0.25) is 4.79 Å². The van der Waals surface area contributed by atoms with Gasteiger partial charge < -0.3 is 15.4 Å². The van der Waals surface area contributed by atoms with Crippen LogP contribution in [0, 0.1) is 5.92 Å². The molecule has 96 valence electrons. The summed E-state index contributed by atoms with van der Waals surface area (Å²) in [6.07, 6.45) is 1.67. The van der Waals surface area contributed by atoms with E-state index in [0.717, 1.165) is 6.42 Å². The molecular formula is C12H26N2O2. The summed E-state index contributed by atoms with van der Waals surface area (Å²) in [4.78, 5) is 13.4. The molecule has 0 saturated carbocycles. The lowest BCUT2D eigenvalue weighted by Crippen LogP contribution is -2.31. The average Bonchev–Trinajstić information content (AvgIpc) is 2.24. The van der Waals surface area contributed by atoms with Gasteiger partial charge in [0.1, 0.15) is 0 Å². The number of carbonyl (C=O) groups excluding carboxylic acids is 1. The van der Waals surface area contributed by atoms with Gasteiger partial charge in [-0.2, -0.15) is 0 Å². The quantitative estimate of drug-likeness (QED) is 0.682. The summed E-state index contributed by atoms with van der Waals surface area (Å²) in [6, 6.07) is 0. The molecule has 0 aliphatic rings. The topological polar surface area (TPSA) is 55.6 Å². The van der Waals surface area contributed by atoms with Crippen LogP contribution >= 0.6 is 0 Å². The number of rotatable bonds is 8. The minimum atomic E-state index is 0.174. The smallest absolute Gasteiger partial charge is 0.222 e. The number of amides is 1. The summed E-state index contributed by atoms with van der Waals surface area (Å²) >= 11 is 0. The Morgan fingerprint density at radius 3 is 2.50 bits per heavy atom. The fourth-order valence-corrected chi connectivity index (χ4v) is 1.23. The zero-order chi connectivity index (χ0) is 12.6. The summed E-state index contributed by atoms with van der Waals surface area (Å²) in [5.41, 5.74) is 5.50. The van der Waals surface area contributed by atoms with Crippen molar-refractivity contribution in [2.24, 2.45) is 11.7 Å². The van der Waals surface area contributed by atoms with Gasteiger partial charge in [0, 0.05) is 20.0 Å². The highest BCUT2D eigenvalue weighted by atomic mass is 16.5. The van der Waals surface area contributed by atoms with Gasteiger partial charge in [-0.1, -0.05) is 6.92 Å². The van der Waals surface area contributed by atoms with Crippen LogP contribution in [0.5, 0.6) is 0 Å². The number of nitrogens with zero attached hydrogens (tertiary/aromatic N) is 1. The van der Waals surface area contributed by atoms with E-state index in [9.17, 15) is 4.79 Å². The molecule has 1 amide bonds. The molecule has 0 heterocycles. The highest BCUT2D eigenvalue weighted by molar-refractivity contribution is 5.75. The zero-order valence-electron chi connectivity index (χ0n) is 11.0. The van der Waals surface area contributed by atoms with E-state index < -0.39 is 0 Å². The zero-order valence-corrected chi connectivity index (χ0v) is 11.0. The summed E-state index contributed by atoms with van der Waals surface area (Å²) in [5, 5.41) is 0. The first-order valence-electron chi connectivity index (χ1n) is 6.03. The molecule has 2 N–H and O–H groups in total. The van der Waals surface area contributed by atoms with E-state index in [-0.39, 0.29) is 12.0 Å². The summed E-state index contributed by atoms with van der Waals surface area (Å²) in [6.45, 7) is 7.96. The van der Waals surface area contributed by atoms with Crippen molar-refractivity contribution in [2.75, 3.05) is 26.7 Å². The van der Waals surface area contributed by atoms with Crippen LogP contribution in [0.15, 0.2) is 0 Å². The van der Waals surface area contributed by atoms with E-state index in [1.54, 1.807) is 4.90 Å². The van der Waals surface area contributed by atoms with Crippen LogP contribution in [0.4, 0.5) is 0 Å². The number of nitrogens with two attached hydrogens (primary N) is 1. The highest BCUT2D eigenvalue weighted by Crippen LogP contribution is 2.05. The van der Waals surface area contributed by atoms with Crippen molar-refractivity contribution in [3.05, 3.63) is 0 Å². The summed E-state index contributed by atoms with van der Waals surface area (Å²) in [7, 11) is 1.82. The van der Waals surface area contributed by atoms with Crippen molar-refractivity contribution >= 4 is 5.91 Å². The van der Waals surface area contributed by atoms with Crippen LogP contribution in [-0.2, 0) is 9.53 Å². The van der Waals surface area contributed by atoms with Crippen LogP contribution in [0.3, 0.4) is 0 Å². The van der Waals surface area contributed by atoms with Crippen LogP contribution in [0.2, 0.25) is 0 Å². The summed E-state index contributed by atoms with van der Waals surface area (Å²) in [5.74, 6) is 0.594. The Morgan fingerprint density at radius 2 is 2.00 bits per heavy atom. The van der Waals surface area contributed by atoms with Gasteiger partial charge in [0.15, 0.2) is 0 Å². The second kappa shape index (κ2) is 8.53. The largest absolute Gasteiger partial charge is 0.377 e. The number of hydrogen-bond donors (Lipinski definition) is 1. The second-order valence-corrected chi connectivity index (χ2v) is 4.61. The van der Waals surface area contributed by atoms with Crippen molar-refractivity contribution in [3.63, 3.8) is 0 Å². The van der Waals surface area contributed by atoms with Gasteiger partial charge in [0.05, 0.1) is 12.7 Å². The molecule has 0 aromatic heterocycles. The third-order valence-electron chi connectivity index (χ3n) is 2.56. The van der Waals surface area contributed by atoms with Gasteiger partial charge in [-0.05, 0) is 32.7 Å². The second-order valence-electron chi connectivity index (χ2n) is 4.61. The molecule has 0 spiro atoms. The summed E-state index contributed by atoms with van der Waals surface area (Å²) < 4.78 is 5.40. The predicted molar refractivity (Wildman–Crippen MR) is 66.2 cm³/mol. The average molecular weight is 230 g/mol. The molecule has 0 radical (unpaired) electrons. The fourth-order valence-electron chi connectivity index (χ4n) is 1.23. The number of carbonyl (C=O) groups is 1. The van der Waals surface area contributed by atoms with Gasteiger partial charge in [0.2, 0.25) is 5.91 Å². The lowest BCUT2D eigenvalue weighted by molar-refractivity contribution is -0.131. The lowest BCUT2D eigenvalue weighted by Gasteiger charge is -2.19. The SMILES string of the molecule is CC(CN)CCC(=O)N(C)CCOC(C)C. The fraction of sp³-hybridized carbons (Fsp3) is 0.917. The molecule has 0 aliphatic carbocycles. The molecule has 0 rings (SSSR count). The first-order chi connectivity index (χ1) is 7.47. The van der Waals surface area contributed by atoms with Crippen LogP contribution in [0.1, 0.15) is 33.6 Å². The lowest BCUT2D eigenvalue weighted by atomic mass is 10.1. The molecule has 4 nitrogen and oxygen atoms in total. The molecule has 0 aromatic rings. The standard InChI is InChI=1S/C12H26N2O2/c1-10(2)16-8-7-14(4)12(15)6-5-11(3)9-13/h10-11H,5-9,13H2,1-4H3. The van der Waals surface area contributed by atoms with Gasteiger partial charge in [-0.25, -0.2) is 0 Å². The first kappa shape index (κ1) is 15.4. The molecule has 0 bridgehead atoms. The molecule has 16 heavy (non-hydrogen) atoms. The minimum absolute atomic E-state index is 0.174. The monoisotopic (exact) mass is 230 g/mol. The van der Waals surface area contributed by atoms with E-state index in [0.29, 0.717) is 32.0 Å². The maximum absolute atomic E-state index is 11.7. The van der Waals surface area contributed by atoms with E-state index in [1.807, 2.05) is 20.9 Å². The number of hydrogen-bond acceptors (Lipinski definition) is 3. The normalized spacial score (nSPS) is 12.9. The maximum atomic E-state index is 11.7. The van der Waals surface area contributed by atoms with Crippen molar-refractivity contribution in [1.82, 2.24) is 4.90 Å². The van der Waals surface area contributed by atoms with Crippen molar-refractivity contribution in [1.29, 1.82) is 0 Å². The van der Waals surface area contributed by atoms with Gasteiger partial charge >= 0.3 is 0 Å². The molecule has 0 aliphatic heterocycles. The molecule has 4 heteroatoms. The Balaban J connectivity index is 3.65. The highest BCUT2D eigenvalue weighted by Gasteiger charge is 2.10. The van der Waals surface area contributed by atoms with Crippen molar-refractivity contribution < 1.29 is 9.53 Å². The van der Waals surface area contributed by atoms with Crippen LogP contribution in [0.25, 0.3) is 0 Å². The van der Waals surface area contributed by atoms with Crippen LogP contribution in [-0.4, -0.2) is 43.7 Å². The Bertz CT molecular complexity index is 195. The van der Waals surface area contributed by atoms with E-state index in [4.69, 9.17) is 10.5 Å². The van der Waals surface area contributed by atoms with Gasteiger partial charge in [-0.15, -0.1) is 0 Å². The number of likely N-dealkylation sites (N-methyl/N-ethyl adjacent to an activating group) is 1. The molecule has 1 atom stereocenters. The number of ether oxygens (including phenoxy) is 1. The minimum Gasteiger partial charge on any atom is -0.377 e. The van der Waals surface area contributed by atoms with E-state index in [1.165, 1.54) is 0 Å². The molecule has 0 fully saturated rings. The van der Waals surface area contributed by atoms with Crippen molar-refractivity contribution in [2.45, 2.75) is 39.7 Å². The van der Waals surface area contributed by atoms with Crippen molar-refractivity contribution in [3.8, 4) is 0 Å². The molecule has 1 unspecified atom stereocenters. The first-order valence-corrected chi connectivity index (χ1v) is 6.03. The Labute approximate surface area is 99.1 Å². The molecular weight excluding hydrogens is 204 g/mol. The Hall–Kier alpha value is -0.610. The Morgan fingerprint density at radius 1 is 1.38 bits per heavy atom. The predicted octanol–water partition coefficient (Wildman–Crippen LogP) is 1.24. The van der Waals surface area contributed by atoms with Gasteiger partial charge in [0.25, 0.3) is 0 Å². The van der Waals surface area contributed by atoms with E-state index >= 15 is 0 Å².